The summed E-state index contributed by atoms with van der Waals surface area (Å²) in [5, 5.41) is 29.7. The minimum absolute atomic E-state index is 0.178. The van der Waals surface area contributed by atoms with E-state index in [9.17, 15) is 44.8 Å². The number of anilines is 1. The molecule has 1 aliphatic heterocycles. The van der Waals surface area contributed by atoms with Crippen molar-refractivity contribution in [3.05, 3.63) is 42.5 Å². The largest absolute Gasteiger partial charge is 0.744 e. The molecule has 3 aromatic rings. The van der Waals surface area contributed by atoms with Crippen molar-refractivity contribution in [2.75, 3.05) is 23.5 Å². The normalized spacial score (nSPS) is 21.2. The van der Waals surface area contributed by atoms with E-state index in [1.165, 1.54) is 29.4 Å². The average Bonchev–Trinajstić information content (AvgIpc) is 3.47. The van der Waals surface area contributed by atoms with Crippen LogP contribution in [0.5, 0.6) is 0 Å². The van der Waals surface area contributed by atoms with E-state index < -0.39 is 67.5 Å². The molecule has 6 atom stereocenters. The molecule has 4 rings (SSSR count). The number of fused-ring (bicyclic) bond motifs is 1. The molecule has 0 saturated carbocycles. The summed E-state index contributed by atoms with van der Waals surface area (Å²) >= 11 is 0. The highest BCUT2D eigenvalue weighted by Gasteiger charge is 2.46. The first kappa shape index (κ1) is 40.1. The van der Waals surface area contributed by atoms with Crippen LogP contribution in [-0.2, 0) is 55.0 Å². The molecule has 25 heteroatoms. The Kier molecular flexibility index (Phi) is 13.9. The van der Waals surface area contributed by atoms with Crippen molar-refractivity contribution in [2.24, 2.45) is 5.73 Å². The fraction of sp³-hybridized carbons (Fsp3) is 0.455. The number of aliphatic carboxylic acids is 1. The van der Waals surface area contributed by atoms with Crippen LogP contribution >= 0.6 is 0 Å². The maximum Gasteiger partial charge on any atom is 0.413 e. The number of aliphatic hydroxyl groups excluding tert-OH is 2. The molecule has 1 unspecified atom stereocenters. The van der Waals surface area contributed by atoms with Crippen LogP contribution in [0.4, 0.5) is 5.82 Å². The number of ether oxygens (including phenoxy) is 1. The first-order valence-corrected chi connectivity index (χ1v) is 18.8. The van der Waals surface area contributed by atoms with Crippen LogP contribution in [0.15, 0.2) is 41.8 Å². The lowest BCUT2D eigenvalue weighted by molar-refractivity contribution is -0.138. The molecule has 9 N–H and O–H groups in total. The Morgan fingerprint density at radius 3 is 2.13 bits per heavy atom. The molecule has 1 aliphatic rings. The zero-order chi connectivity index (χ0) is 35.9. The third-order valence-electron chi connectivity index (χ3n) is 6.02. The van der Waals surface area contributed by atoms with Crippen LogP contribution in [0.2, 0.25) is 0 Å². The first-order chi connectivity index (χ1) is 21.5. The van der Waals surface area contributed by atoms with Gasteiger partial charge in [-0.15, -0.1) is 3.63 Å². The molecule has 3 heterocycles. The highest BCUT2D eigenvalue weighted by atomic mass is 32.3. The van der Waals surface area contributed by atoms with Gasteiger partial charge < -0.3 is 36.1 Å². The van der Waals surface area contributed by atoms with Crippen molar-refractivity contribution in [1.82, 2.24) is 19.5 Å². The second-order valence-electron chi connectivity index (χ2n) is 9.71. The second kappa shape index (κ2) is 16.3. The minimum atomic E-state index is -5.12. The second-order valence-corrected chi connectivity index (χ2v) is 15.6. The number of aliphatic hydroxyl groups is 2. The molecule has 1 aromatic carbocycles. The Morgan fingerprint density at radius 1 is 1.06 bits per heavy atom. The number of aromatic nitrogens is 4. The summed E-state index contributed by atoms with van der Waals surface area (Å²) in [6.07, 6.45) is 1.31. The number of nitrogen functional groups attached to an aromatic ring is 1. The molecule has 1 saturated heterocycles. The van der Waals surface area contributed by atoms with Crippen LogP contribution in [-0.4, -0.2) is 122 Å². The van der Waals surface area contributed by atoms with Gasteiger partial charge >= 0.3 is 26.8 Å². The quantitative estimate of drug-likeness (QED) is 0.0838. The van der Waals surface area contributed by atoms with E-state index in [1.54, 1.807) is 12.1 Å². The van der Waals surface area contributed by atoms with Gasteiger partial charge in [-0.25, -0.2) is 23.4 Å². The molecule has 0 bridgehead atoms. The summed E-state index contributed by atoms with van der Waals surface area (Å²) in [5.41, 5.74) is 13.0. The molecule has 264 valence electrons. The van der Waals surface area contributed by atoms with E-state index in [0.29, 0.717) is 29.1 Å². The molecule has 21 nitrogen and oxygen atoms in total. The topological polar surface area (TPSA) is 358 Å². The predicted molar refractivity (Wildman–Crippen MR) is 162 cm³/mol. The van der Waals surface area contributed by atoms with Gasteiger partial charge in [0.25, 0.3) is 0 Å². The molecule has 47 heavy (non-hydrogen) atoms. The fourth-order valence-corrected chi connectivity index (χ4v) is 6.78. The number of carboxylic acids is 1. The highest BCUT2D eigenvalue weighted by molar-refractivity contribution is 7.96. The van der Waals surface area contributed by atoms with Gasteiger partial charge in [-0.1, -0.05) is 17.7 Å². The van der Waals surface area contributed by atoms with Crippen LogP contribution in [0.25, 0.3) is 11.2 Å². The van der Waals surface area contributed by atoms with Gasteiger partial charge in [0, 0.05) is 6.42 Å². The Hall–Kier alpha value is -3.08. The third-order valence-corrected chi connectivity index (χ3v) is 10.1. The number of hydrogen-bond acceptors (Lipinski definition) is 17. The average molecular weight is 749 g/mol. The lowest BCUT2D eigenvalue weighted by atomic mass is 10.1. The number of carbonyl (C=O) groups is 1. The molecule has 2 aromatic heterocycles. The molecular weight excluding hydrogens is 717 g/mol. The van der Waals surface area contributed by atoms with E-state index in [0.717, 1.165) is 5.56 Å². The smallest absolute Gasteiger partial charge is 0.413 e. The molecule has 1 fully saturated rings. The molecule has 0 spiro atoms. The van der Waals surface area contributed by atoms with Gasteiger partial charge in [0.05, 0.1) is 17.5 Å². The van der Waals surface area contributed by atoms with Crippen molar-refractivity contribution in [3.8, 4) is 0 Å². The van der Waals surface area contributed by atoms with Gasteiger partial charge in [-0.3, -0.25) is 18.5 Å². The lowest BCUT2D eigenvalue weighted by Crippen LogP contribution is -2.37. The molecule has 0 amide bonds. The van der Waals surface area contributed by atoms with E-state index >= 15 is 0 Å². The Morgan fingerprint density at radius 2 is 1.64 bits per heavy atom. The van der Waals surface area contributed by atoms with Gasteiger partial charge in [0.15, 0.2) is 17.7 Å². The maximum atomic E-state index is 10.8. The van der Waals surface area contributed by atoms with Crippen LogP contribution in [0.3, 0.4) is 0 Å². The van der Waals surface area contributed by atoms with Crippen molar-refractivity contribution in [1.29, 1.82) is 0 Å². The van der Waals surface area contributed by atoms with Crippen LogP contribution in [0, 0.1) is 6.92 Å². The molecule has 0 aliphatic carbocycles. The van der Waals surface area contributed by atoms with E-state index in [-0.39, 0.29) is 21.6 Å². The van der Waals surface area contributed by atoms with Gasteiger partial charge in [0.2, 0.25) is 0 Å². The number of hydrogen-bond donors (Lipinski definition) is 7. The van der Waals surface area contributed by atoms with Crippen molar-refractivity contribution >= 4 is 64.8 Å². The number of nitrogens with two attached hydrogens (primary N) is 2. The zero-order valence-electron chi connectivity index (χ0n) is 24.4. The SMILES string of the molecule is C[S+](CC[C@H](N)C(=O)O)C[C@H]1O[C@@H](n2cnc3c(N)ncnc32)[C@H](O)[C@@H]1O.Cc1ccc(S(=O)(=O)[O-])cc1.O=S(=O)(O)OS(=O)(=O)O. The summed E-state index contributed by atoms with van der Waals surface area (Å²) in [6, 6.07) is 4.88. The lowest BCUT2D eigenvalue weighted by Gasteiger charge is -2.16. The summed E-state index contributed by atoms with van der Waals surface area (Å²) in [4.78, 5) is 22.8. The fourth-order valence-electron chi connectivity index (χ4n) is 3.78. The summed E-state index contributed by atoms with van der Waals surface area (Å²) in [6.45, 7) is 1.82. The van der Waals surface area contributed by atoms with Crippen molar-refractivity contribution in [2.45, 2.75) is 48.8 Å². The maximum absolute atomic E-state index is 10.8. The predicted octanol–water partition coefficient (Wildman–Crippen LogP) is -2.41. The van der Waals surface area contributed by atoms with Gasteiger partial charge in [-0.2, -0.15) is 16.8 Å². The first-order valence-electron chi connectivity index (χ1n) is 12.7. The number of imidazole rings is 1. The number of aryl methyl sites for hydroxylation is 1. The summed E-state index contributed by atoms with van der Waals surface area (Å²) < 4.78 is 94.1. The standard InChI is InChI=1S/C15H22N6O5S.C7H8O3S.H2O7S2/c1-27(3-2-7(16)15(24)25)4-8-10(22)11(23)14(26-8)21-6-20-9-12(17)18-5-19-13(9)21;1-6-2-4-7(5-3-6)11(8,9)10;1-8(2,3)7-9(4,5)6/h5-8,10-11,14,22-23H,2-4,16H2,1H3,(H2-,17,18,19,24,25);2-5H,1H3,(H,8,9,10);(H,1,2,3)(H,4,5,6)/t7-,8+,10+,11+,14+,27?;;/m0../s1. The van der Waals surface area contributed by atoms with E-state index in [1.807, 2.05) is 13.2 Å². The molecule has 0 radical (unpaired) electrons. The van der Waals surface area contributed by atoms with E-state index in [4.69, 9.17) is 30.4 Å². The van der Waals surface area contributed by atoms with Crippen molar-refractivity contribution in [3.63, 3.8) is 0 Å². The Bertz CT molecular complexity index is 1810. The highest BCUT2D eigenvalue weighted by Crippen LogP contribution is 2.32. The van der Waals surface area contributed by atoms with Gasteiger partial charge in [-0.05, 0) is 30.0 Å². The molecular formula is C22H32N6O15S4. The number of carboxylic acid groups (broad SMARTS) is 1. The Balaban J connectivity index is 0.000000315. The summed E-state index contributed by atoms with van der Waals surface area (Å²) in [7, 11) is -14.7. The monoisotopic (exact) mass is 748 g/mol. The van der Waals surface area contributed by atoms with E-state index in [2.05, 4.69) is 18.6 Å². The minimum Gasteiger partial charge on any atom is -0.744 e. The third kappa shape index (κ3) is 12.8. The van der Waals surface area contributed by atoms with Crippen molar-refractivity contribution < 1.29 is 67.4 Å². The van der Waals surface area contributed by atoms with Crippen LogP contribution in [0.1, 0.15) is 18.2 Å². The van der Waals surface area contributed by atoms with Crippen LogP contribution < -0.4 is 11.5 Å². The number of benzene rings is 1. The zero-order valence-corrected chi connectivity index (χ0v) is 27.6. The number of rotatable bonds is 10. The van der Waals surface area contributed by atoms with Gasteiger partial charge in [0.1, 0.15) is 57.8 Å². The number of nitrogens with zero attached hydrogens (tertiary/aromatic N) is 4. The summed E-state index contributed by atoms with van der Waals surface area (Å²) in [5.74, 6) is 0.254. The Labute approximate surface area is 271 Å².